The lowest BCUT2D eigenvalue weighted by Gasteiger charge is -2.34. The highest BCUT2D eigenvalue weighted by molar-refractivity contribution is 7.89. The van der Waals surface area contributed by atoms with Gasteiger partial charge in [0.25, 0.3) is 5.91 Å². The van der Waals surface area contributed by atoms with Crippen molar-refractivity contribution in [1.82, 2.24) is 4.31 Å². The van der Waals surface area contributed by atoms with Gasteiger partial charge in [-0.05, 0) is 18.2 Å². The highest BCUT2D eigenvalue weighted by Crippen LogP contribution is 2.27. The highest BCUT2D eigenvalue weighted by atomic mass is 35.5. The van der Waals surface area contributed by atoms with Gasteiger partial charge in [-0.3, -0.25) is 4.79 Å². The van der Waals surface area contributed by atoms with Gasteiger partial charge in [0.1, 0.15) is 0 Å². The minimum atomic E-state index is -3.93. The molecule has 1 fully saturated rings. The number of carbonyl (C=O) groups is 1. The molecule has 2 N–H and O–H groups in total. The van der Waals surface area contributed by atoms with E-state index in [0.29, 0.717) is 12.1 Å². The number of hydrogen-bond donors (Lipinski definition) is 2. The van der Waals surface area contributed by atoms with Crippen molar-refractivity contribution in [3.8, 4) is 0 Å². The maximum Gasteiger partial charge on any atom is 0.257 e. The molecule has 3 rings (SSSR count). The third-order valence-corrected chi connectivity index (χ3v) is 6.05. The second kappa shape index (κ2) is 7.12. The van der Waals surface area contributed by atoms with E-state index >= 15 is 0 Å². The Morgan fingerprint density at radius 2 is 1.74 bits per heavy atom. The Morgan fingerprint density at radius 3 is 2.30 bits per heavy atom. The predicted octanol–water partition coefficient (Wildman–Crippen LogP) is 2.37. The summed E-state index contributed by atoms with van der Waals surface area (Å²) in [4.78, 5) is 12.1. The molecule has 1 aliphatic rings. The molecular weight excluding hydrogens is 409 g/mol. The van der Waals surface area contributed by atoms with Crippen LogP contribution in [0.3, 0.4) is 0 Å². The molecule has 0 bridgehead atoms. The van der Waals surface area contributed by atoms with Crippen LogP contribution in [0.5, 0.6) is 0 Å². The van der Waals surface area contributed by atoms with Gasteiger partial charge in [0, 0.05) is 30.9 Å². The van der Waals surface area contributed by atoms with Crippen LogP contribution >= 0.6 is 11.6 Å². The van der Waals surface area contributed by atoms with Gasteiger partial charge in [0.05, 0.1) is 21.6 Å². The molecule has 1 amide bonds. The van der Waals surface area contributed by atoms with Crippen molar-refractivity contribution in [3.63, 3.8) is 0 Å². The van der Waals surface area contributed by atoms with Gasteiger partial charge in [-0.2, -0.15) is 4.31 Å². The SMILES string of the molecule is O=C(Nc1cc(F)c(F)c(F)c1)c1cc(S(=O)(=O)N2CC(O)C2)ccc1Cl. The van der Waals surface area contributed by atoms with E-state index in [2.05, 4.69) is 5.32 Å². The lowest BCUT2D eigenvalue weighted by atomic mass is 10.2. The van der Waals surface area contributed by atoms with Gasteiger partial charge >= 0.3 is 0 Å². The fraction of sp³-hybridized carbons (Fsp3) is 0.188. The molecule has 0 radical (unpaired) electrons. The molecule has 0 aliphatic carbocycles. The largest absolute Gasteiger partial charge is 0.390 e. The molecule has 2 aromatic carbocycles. The van der Waals surface area contributed by atoms with E-state index in [9.17, 15) is 31.5 Å². The summed E-state index contributed by atoms with van der Waals surface area (Å²) in [5.41, 5.74) is -0.629. The summed E-state index contributed by atoms with van der Waals surface area (Å²) < 4.78 is 65.4. The monoisotopic (exact) mass is 420 g/mol. The Hall–Kier alpha value is -2.14. The molecule has 1 saturated heterocycles. The van der Waals surface area contributed by atoms with E-state index in [0.717, 1.165) is 10.4 Å². The van der Waals surface area contributed by atoms with E-state index in [1.54, 1.807) is 0 Å². The van der Waals surface area contributed by atoms with Gasteiger partial charge in [-0.15, -0.1) is 0 Å². The Labute approximate surface area is 157 Å². The van der Waals surface area contributed by atoms with E-state index in [1.807, 2.05) is 0 Å². The van der Waals surface area contributed by atoms with E-state index in [-0.39, 0.29) is 34.3 Å². The minimum Gasteiger partial charge on any atom is -0.390 e. The molecular formula is C16H12ClF3N2O4S. The zero-order chi connectivity index (χ0) is 19.9. The van der Waals surface area contributed by atoms with Crippen LogP contribution in [0, 0.1) is 17.5 Å². The number of halogens is 4. The summed E-state index contributed by atoms with van der Waals surface area (Å²) in [5.74, 6) is -5.62. The van der Waals surface area contributed by atoms with Crippen LogP contribution in [0.2, 0.25) is 5.02 Å². The van der Waals surface area contributed by atoms with Gasteiger partial charge in [0.15, 0.2) is 17.5 Å². The number of rotatable bonds is 4. The molecule has 27 heavy (non-hydrogen) atoms. The number of aliphatic hydroxyl groups excluding tert-OH is 1. The van der Waals surface area contributed by atoms with Gasteiger partial charge in [-0.1, -0.05) is 11.6 Å². The average molecular weight is 421 g/mol. The van der Waals surface area contributed by atoms with Crippen molar-refractivity contribution in [1.29, 1.82) is 0 Å². The van der Waals surface area contributed by atoms with Crippen LogP contribution in [0.15, 0.2) is 35.2 Å². The molecule has 144 valence electrons. The van der Waals surface area contributed by atoms with E-state index in [4.69, 9.17) is 11.6 Å². The number of anilines is 1. The van der Waals surface area contributed by atoms with Gasteiger partial charge in [-0.25, -0.2) is 21.6 Å². The number of carbonyl (C=O) groups excluding carboxylic acids is 1. The van der Waals surface area contributed by atoms with Gasteiger partial charge < -0.3 is 10.4 Å². The number of hydrogen-bond acceptors (Lipinski definition) is 4. The zero-order valence-electron chi connectivity index (χ0n) is 13.4. The topological polar surface area (TPSA) is 86.7 Å². The molecule has 6 nitrogen and oxygen atoms in total. The molecule has 0 saturated carbocycles. The first-order valence-electron chi connectivity index (χ1n) is 7.53. The fourth-order valence-electron chi connectivity index (χ4n) is 2.43. The van der Waals surface area contributed by atoms with Crippen LogP contribution in [0.1, 0.15) is 10.4 Å². The first-order valence-corrected chi connectivity index (χ1v) is 9.35. The smallest absolute Gasteiger partial charge is 0.257 e. The first-order chi connectivity index (χ1) is 12.6. The molecule has 0 aromatic heterocycles. The van der Waals surface area contributed by atoms with Crippen molar-refractivity contribution >= 4 is 33.2 Å². The van der Waals surface area contributed by atoms with Crippen molar-refractivity contribution in [2.24, 2.45) is 0 Å². The first kappa shape index (κ1) is 19.6. The van der Waals surface area contributed by atoms with Gasteiger partial charge in [0.2, 0.25) is 10.0 Å². The summed E-state index contributed by atoms with van der Waals surface area (Å²) in [6, 6.07) is 4.54. The Kier molecular flexibility index (Phi) is 5.17. The lowest BCUT2D eigenvalue weighted by molar-refractivity contribution is 0.0548. The third kappa shape index (κ3) is 3.79. The third-order valence-electron chi connectivity index (χ3n) is 3.89. The predicted molar refractivity (Wildman–Crippen MR) is 90.5 cm³/mol. The van der Waals surface area contributed by atoms with Crippen molar-refractivity contribution < 1.29 is 31.5 Å². The second-order valence-corrected chi connectivity index (χ2v) is 8.17. The molecule has 2 aromatic rings. The average Bonchev–Trinajstić information content (AvgIpc) is 2.56. The lowest BCUT2D eigenvalue weighted by Crippen LogP contribution is -2.53. The summed E-state index contributed by atoms with van der Waals surface area (Å²) >= 11 is 5.93. The van der Waals surface area contributed by atoms with Crippen LogP contribution in [-0.2, 0) is 10.0 Å². The number of aliphatic hydroxyl groups is 1. The normalized spacial score (nSPS) is 15.4. The summed E-state index contributed by atoms with van der Waals surface area (Å²) in [7, 11) is -3.93. The van der Waals surface area contributed by atoms with E-state index in [1.165, 1.54) is 12.1 Å². The van der Waals surface area contributed by atoms with E-state index < -0.39 is 39.5 Å². The van der Waals surface area contributed by atoms with Crippen molar-refractivity contribution in [3.05, 3.63) is 58.4 Å². The molecule has 11 heteroatoms. The number of nitrogens with zero attached hydrogens (tertiary/aromatic N) is 1. The summed E-state index contributed by atoms with van der Waals surface area (Å²) in [5, 5.41) is 11.3. The summed E-state index contributed by atoms with van der Waals surface area (Å²) in [6.45, 7) is -0.138. The molecule has 0 spiro atoms. The number of benzene rings is 2. The molecule has 1 heterocycles. The van der Waals surface area contributed by atoms with Crippen LogP contribution in [0.25, 0.3) is 0 Å². The Bertz CT molecular complexity index is 1000. The fourth-order valence-corrected chi connectivity index (χ4v) is 4.17. The second-order valence-electron chi connectivity index (χ2n) is 5.83. The molecule has 0 atom stereocenters. The zero-order valence-corrected chi connectivity index (χ0v) is 15.0. The summed E-state index contributed by atoms with van der Waals surface area (Å²) in [6.07, 6.45) is -0.752. The number of amides is 1. The Morgan fingerprint density at radius 1 is 1.15 bits per heavy atom. The van der Waals surface area contributed by atoms with Crippen LogP contribution in [0.4, 0.5) is 18.9 Å². The molecule has 1 aliphatic heterocycles. The van der Waals surface area contributed by atoms with Crippen LogP contribution < -0.4 is 5.32 Å². The van der Waals surface area contributed by atoms with Crippen LogP contribution in [-0.4, -0.2) is 42.9 Å². The van der Waals surface area contributed by atoms with Crippen molar-refractivity contribution in [2.75, 3.05) is 18.4 Å². The highest BCUT2D eigenvalue weighted by Gasteiger charge is 2.36. The number of β-amino-alcohol motifs (C(OH)–C–C–N with tert-alkyl or cyclic N) is 1. The number of sulfonamides is 1. The Balaban J connectivity index is 1.89. The molecule has 0 unspecified atom stereocenters. The standard InChI is InChI=1S/C16H12ClF3N2O4S/c17-12-2-1-10(27(25,26)22-6-9(23)7-22)5-11(12)16(24)21-8-3-13(18)15(20)14(19)4-8/h1-5,9,23H,6-7H2,(H,21,24). The number of nitrogens with one attached hydrogen (secondary N) is 1. The maximum absolute atomic E-state index is 13.3. The van der Waals surface area contributed by atoms with Crippen molar-refractivity contribution in [2.45, 2.75) is 11.0 Å². The minimum absolute atomic E-state index is 0.0688. The maximum atomic E-state index is 13.3. The quantitative estimate of drug-likeness (QED) is 0.743.